The van der Waals surface area contributed by atoms with Crippen LogP contribution in [-0.4, -0.2) is 31.2 Å². The average molecular weight is 271 g/mol. The summed E-state index contributed by atoms with van der Waals surface area (Å²) in [5, 5.41) is 2.26. The van der Waals surface area contributed by atoms with Gasteiger partial charge in [0.15, 0.2) is 0 Å². The molecule has 1 aromatic carbocycles. The van der Waals surface area contributed by atoms with Gasteiger partial charge in [0.1, 0.15) is 11.6 Å². The van der Waals surface area contributed by atoms with Gasteiger partial charge in [0.05, 0.1) is 7.11 Å². The number of rotatable bonds is 5. The second-order valence-corrected chi connectivity index (χ2v) is 5.26. The van der Waals surface area contributed by atoms with Gasteiger partial charge in [-0.2, -0.15) is 0 Å². The number of methoxy groups -OCH3 is 1. The van der Waals surface area contributed by atoms with Crippen molar-refractivity contribution in [3.63, 3.8) is 0 Å². The van der Waals surface area contributed by atoms with Gasteiger partial charge in [-0.25, -0.2) is 4.98 Å². The molecule has 0 aliphatic heterocycles. The van der Waals surface area contributed by atoms with E-state index in [1.807, 2.05) is 24.4 Å². The first-order valence-electron chi connectivity index (χ1n) is 7.23. The molecule has 1 aliphatic rings. The van der Waals surface area contributed by atoms with Crippen LogP contribution in [0.25, 0.3) is 10.8 Å². The Kier molecular flexibility index (Phi) is 3.74. The maximum atomic E-state index is 5.79. The normalized spacial score (nSPS) is 15.1. The van der Waals surface area contributed by atoms with E-state index >= 15 is 0 Å². The number of nitrogens with zero attached hydrogens (tertiary/aromatic N) is 2. The molecule has 20 heavy (non-hydrogen) atoms. The summed E-state index contributed by atoms with van der Waals surface area (Å²) in [6.07, 6.45) is 5.65. The van der Waals surface area contributed by atoms with Crippen LogP contribution < -0.4 is 15.4 Å². The quantitative estimate of drug-likeness (QED) is 0.908. The van der Waals surface area contributed by atoms with Gasteiger partial charge in [-0.3, -0.25) is 0 Å². The number of aromatic nitrogens is 1. The number of nitrogens with two attached hydrogens (primary N) is 1. The van der Waals surface area contributed by atoms with Crippen molar-refractivity contribution in [2.45, 2.75) is 25.3 Å². The molecule has 0 saturated heterocycles. The summed E-state index contributed by atoms with van der Waals surface area (Å²) in [5.41, 5.74) is 5.79. The van der Waals surface area contributed by atoms with Gasteiger partial charge in [0.2, 0.25) is 0 Å². The first kappa shape index (κ1) is 13.2. The third-order valence-corrected chi connectivity index (χ3v) is 4.12. The summed E-state index contributed by atoms with van der Waals surface area (Å²) in [4.78, 5) is 6.99. The fraction of sp³-hybridized carbons (Fsp3) is 0.438. The summed E-state index contributed by atoms with van der Waals surface area (Å²) in [7, 11) is 1.71. The van der Waals surface area contributed by atoms with Crippen molar-refractivity contribution in [3.8, 4) is 5.75 Å². The molecule has 0 atom stereocenters. The molecule has 1 aliphatic carbocycles. The van der Waals surface area contributed by atoms with E-state index in [-0.39, 0.29) is 0 Å². The molecule has 1 saturated carbocycles. The number of hydrogen-bond acceptors (Lipinski definition) is 4. The molecule has 106 valence electrons. The number of ether oxygens (including phenoxy) is 1. The number of pyridine rings is 1. The Labute approximate surface area is 119 Å². The van der Waals surface area contributed by atoms with E-state index in [1.54, 1.807) is 7.11 Å². The molecule has 1 fully saturated rings. The lowest BCUT2D eigenvalue weighted by molar-refractivity contribution is 0.386. The Morgan fingerprint density at radius 3 is 2.80 bits per heavy atom. The molecule has 2 N–H and O–H groups in total. The molecule has 0 amide bonds. The van der Waals surface area contributed by atoms with Gasteiger partial charge < -0.3 is 15.4 Å². The predicted octanol–water partition coefficient (Wildman–Crippen LogP) is 2.56. The number of anilines is 1. The first-order chi connectivity index (χ1) is 9.85. The van der Waals surface area contributed by atoms with Gasteiger partial charge in [-0.1, -0.05) is 12.1 Å². The fourth-order valence-corrected chi connectivity index (χ4v) is 2.87. The van der Waals surface area contributed by atoms with Crippen LogP contribution in [0.4, 0.5) is 5.82 Å². The highest BCUT2D eigenvalue weighted by atomic mass is 16.5. The number of hydrogen-bond donors (Lipinski definition) is 1. The van der Waals surface area contributed by atoms with Crippen LogP contribution in [0.1, 0.15) is 19.3 Å². The molecule has 1 aromatic heterocycles. The largest absolute Gasteiger partial charge is 0.496 e. The van der Waals surface area contributed by atoms with Crippen molar-refractivity contribution >= 4 is 16.6 Å². The zero-order valence-corrected chi connectivity index (χ0v) is 11.9. The highest BCUT2D eigenvalue weighted by Gasteiger charge is 2.26. The number of benzene rings is 1. The Bertz CT molecular complexity index is 595. The van der Waals surface area contributed by atoms with Crippen LogP contribution in [0.2, 0.25) is 0 Å². The van der Waals surface area contributed by atoms with Crippen molar-refractivity contribution < 1.29 is 4.74 Å². The summed E-state index contributed by atoms with van der Waals surface area (Å²) in [6, 6.07) is 8.72. The third kappa shape index (κ3) is 2.20. The first-order valence-corrected chi connectivity index (χ1v) is 7.23. The summed E-state index contributed by atoms with van der Waals surface area (Å²) < 4.78 is 5.45. The van der Waals surface area contributed by atoms with E-state index in [0.29, 0.717) is 12.6 Å². The maximum absolute atomic E-state index is 5.79. The van der Waals surface area contributed by atoms with E-state index in [0.717, 1.165) is 28.9 Å². The van der Waals surface area contributed by atoms with Crippen LogP contribution in [0.3, 0.4) is 0 Å². The monoisotopic (exact) mass is 271 g/mol. The van der Waals surface area contributed by atoms with E-state index < -0.39 is 0 Å². The molecule has 0 unspecified atom stereocenters. The van der Waals surface area contributed by atoms with Gasteiger partial charge in [-0.05, 0) is 31.4 Å². The van der Waals surface area contributed by atoms with E-state index in [1.165, 1.54) is 19.3 Å². The molecular weight excluding hydrogens is 250 g/mol. The molecule has 0 bridgehead atoms. The van der Waals surface area contributed by atoms with E-state index in [9.17, 15) is 0 Å². The van der Waals surface area contributed by atoms with Crippen LogP contribution >= 0.6 is 0 Å². The summed E-state index contributed by atoms with van der Waals surface area (Å²) in [5.74, 6) is 1.93. The lowest BCUT2D eigenvalue weighted by Gasteiger charge is -2.38. The smallest absolute Gasteiger partial charge is 0.136 e. The SMILES string of the molecule is COc1cccc2c(N(CCN)C3CCC3)nccc12. The summed E-state index contributed by atoms with van der Waals surface area (Å²) in [6.45, 7) is 1.51. The Morgan fingerprint density at radius 1 is 1.30 bits per heavy atom. The predicted molar refractivity (Wildman–Crippen MR) is 82.3 cm³/mol. The lowest BCUT2D eigenvalue weighted by Crippen LogP contribution is -2.43. The minimum Gasteiger partial charge on any atom is -0.496 e. The molecule has 3 rings (SSSR count). The minimum atomic E-state index is 0.586. The van der Waals surface area contributed by atoms with Crippen molar-refractivity contribution in [2.24, 2.45) is 5.73 Å². The molecule has 2 aromatic rings. The topological polar surface area (TPSA) is 51.4 Å². The Balaban J connectivity index is 2.09. The van der Waals surface area contributed by atoms with Crippen molar-refractivity contribution in [1.82, 2.24) is 4.98 Å². The average Bonchev–Trinajstić information content (AvgIpc) is 2.43. The van der Waals surface area contributed by atoms with Gasteiger partial charge in [-0.15, -0.1) is 0 Å². The van der Waals surface area contributed by atoms with Gasteiger partial charge >= 0.3 is 0 Å². The lowest BCUT2D eigenvalue weighted by atomic mass is 9.91. The summed E-state index contributed by atoms with van der Waals surface area (Å²) >= 11 is 0. The van der Waals surface area contributed by atoms with Crippen molar-refractivity contribution in [1.29, 1.82) is 0 Å². The Hall–Kier alpha value is -1.81. The number of fused-ring (bicyclic) bond motifs is 1. The van der Waals surface area contributed by atoms with E-state index in [4.69, 9.17) is 10.5 Å². The van der Waals surface area contributed by atoms with Crippen LogP contribution in [0.15, 0.2) is 30.5 Å². The molecular formula is C16H21N3O. The maximum Gasteiger partial charge on any atom is 0.136 e. The zero-order chi connectivity index (χ0) is 13.9. The van der Waals surface area contributed by atoms with E-state index in [2.05, 4.69) is 16.0 Å². The second-order valence-electron chi connectivity index (χ2n) is 5.26. The van der Waals surface area contributed by atoms with Crippen LogP contribution in [-0.2, 0) is 0 Å². The van der Waals surface area contributed by atoms with Crippen LogP contribution in [0.5, 0.6) is 5.75 Å². The minimum absolute atomic E-state index is 0.586. The standard InChI is InChI=1S/C16H21N3O/c1-20-15-7-3-6-14-13(15)8-10-18-16(14)19(11-9-17)12-4-2-5-12/h3,6-8,10,12H,2,4-5,9,11,17H2,1H3. The highest BCUT2D eigenvalue weighted by Crippen LogP contribution is 2.35. The van der Waals surface area contributed by atoms with Crippen LogP contribution in [0, 0.1) is 0 Å². The van der Waals surface area contributed by atoms with Gasteiger partial charge in [0.25, 0.3) is 0 Å². The molecule has 4 heteroatoms. The van der Waals surface area contributed by atoms with Gasteiger partial charge in [0, 0.05) is 36.1 Å². The third-order valence-electron chi connectivity index (χ3n) is 4.12. The van der Waals surface area contributed by atoms with Crippen molar-refractivity contribution in [2.75, 3.05) is 25.1 Å². The molecule has 0 spiro atoms. The molecule has 0 radical (unpaired) electrons. The molecule has 4 nitrogen and oxygen atoms in total. The zero-order valence-electron chi connectivity index (χ0n) is 11.9. The molecule has 1 heterocycles. The highest BCUT2D eigenvalue weighted by molar-refractivity contribution is 5.96. The Morgan fingerprint density at radius 2 is 2.15 bits per heavy atom. The van der Waals surface area contributed by atoms with Crippen molar-refractivity contribution in [3.05, 3.63) is 30.5 Å². The second kappa shape index (κ2) is 5.67. The fourth-order valence-electron chi connectivity index (χ4n) is 2.87.